The van der Waals surface area contributed by atoms with E-state index >= 15 is 0 Å². The Kier molecular flexibility index (Phi) is 12.7. The van der Waals surface area contributed by atoms with Crippen LogP contribution in [0.25, 0.3) is 0 Å². The van der Waals surface area contributed by atoms with Gasteiger partial charge >= 0.3 is 6.03 Å². The van der Waals surface area contributed by atoms with Crippen LogP contribution in [0.5, 0.6) is 0 Å². The highest BCUT2D eigenvalue weighted by Crippen LogP contribution is 2.28. The predicted molar refractivity (Wildman–Crippen MR) is 170 cm³/mol. The first-order valence-electron chi connectivity index (χ1n) is 17.1. The molecule has 5 rings (SSSR count). The highest BCUT2D eigenvalue weighted by molar-refractivity contribution is 5.77. The summed E-state index contributed by atoms with van der Waals surface area (Å²) >= 11 is 0. The number of hydrogen-bond donors (Lipinski definition) is 7. The molecular weight excluding hydrogens is 579 g/mol. The summed E-state index contributed by atoms with van der Waals surface area (Å²) in [5.74, 6) is 0.405. The van der Waals surface area contributed by atoms with Crippen molar-refractivity contribution in [3.05, 3.63) is 35.8 Å². The highest BCUT2D eigenvalue weighted by Gasteiger charge is 2.36. The first-order valence-corrected chi connectivity index (χ1v) is 17.1. The zero-order valence-electron chi connectivity index (χ0n) is 26.9. The van der Waals surface area contributed by atoms with Crippen molar-refractivity contribution in [3.63, 3.8) is 0 Å². The number of alkyl halides is 1. The van der Waals surface area contributed by atoms with Crippen LogP contribution in [0, 0.1) is 11.8 Å². The SMILES string of the molecule is CO[C@H](O)C1CCCN1CCCN[C@H](O)[C@H]1CN[C@@H]([C@@H]2C[C@H](O[C@@H]3CC=C(NC(=O)NC4=C[C@H](C)CC[C@@H]4F)CC3)C=CN2)C1. The van der Waals surface area contributed by atoms with Crippen molar-refractivity contribution in [1.29, 1.82) is 0 Å². The Hall–Kier alpha value is -2.06. The number of hydrogen-bond acceptors (Lipinski definition) is 9. The number of likely N-dealkylation sites (tertiary alicyclic amines) is 1. The van der Waals surface area contributed by atoms with Crippen LogP contribution in [0.15, 0.2) is 35.8 Å². The van der Waals surface area contributed by atoms with E-state index in [0.717, 1.165) is 83.2 Å². The van der Waals surface area contributed by atoms with Gasteiger partial charge in [0, 0.05) is 43.1 Å². The number of halogens is 1. The largest absolute Gasteiger partial charge is 0.387 e. The van der Waals surface area contributed by atoms with Crippen LogP contribution in [0.2, 0.25) is 0 Å². The van der Waals surface area contributed by atoms with Crippen molar-refractivity contribution in [2.45, 2.75) is 120 Å². The summed E-state index contributed by atoms with van der Waals surface area (Å²) in [6, 6.07) is 0.143. The molecule has 0 saturated carbocycles. The minimum atomic E-state index is -1.11. The van der Waals surface area contributed by atoms with E-state index in [1.165, 1.54) is 0 Å². The van der Waals surface area contributed by atoms with Crippen molar-refractivity contribution in [2.75, 3.05) is 33.3 Å². The maximum absolute atomic E-state index is 14.2. The van der Waals surface area contributed by atoms with Crippen molar-refractivity contribution in [2.24, 2.45) is 11.8 Å². The highest BCUT2D eigenvalue weighted by atomic mass is 19.1. The number of rotatable bonds is 13. The topological polar surface area (TPSA) is 139 Å². The summed E-state index contributed by atoms with van der Waals surface area (Å²) < 4.78 is 25.8. The zero-order valence-corrected chi connectivity index (χ0v) is 26.9. The van der Waals surface area contributed by atoms with Crippen molar-refractivity contribution >= 4 is 6.03 Å². The van der Waals surface area contributed by atoms with E-state index in [-0.39, 0.29) is 48.2 Å². The van der Waals surface area contributed by atoms with Gasteiger partial charge < -0.3 is 41.0 Å². The fourth-order valence-electron chi connectivity index (χ4n) is 7.50. The summed E-state index contributed by atoms with van der Waals surface area (Å²) in [4.78, 5) is 14.7. The Morgan fingerprint density at radius 1 is 1.18 bits per heavy atom. The third-order valence-electron chi connectivity index (χ3n) is 10.1. The van der Waals surface area contributed by atoms with E-state index < -0.39 is 18.7 Å². The number of allylic oxidation sites excluding steroid dienone is 3. The molecule has 0 aromatic heterocycles. The molecule has 5 aliphatic rings. The van der Waals surface area contributed by atoms with Gasteiger partial charge in [-0.15, -0.1) is 0 Å². The zero-order chi connectivity index (χ0) is 31.8. The second-order valence-electron chi connectivity index (χ2n) is 13.5. The molecule has 2 fully saturated rings. The molecule has 12 heteroatoms. The molecule has 0 bridgehead atoms. The standard InChI is InChI=1S/C33H55FN6O5/c1-21-6-11-26(34)27(17-21)39-33(43)38-23-7-9-24(10-8-23)45-25-12-14-35-29(19-25)28-18-22(20-37-28)31(41)36-13-4-16-40-15-3-5-30(40)32(42)44-2/h7,12,14,17,21-22,24-26,28-32,35-37,41-42H,3-6,8-11,13,15-16,18-20H2,1-2H3,(H2,38,39,43)/t21-,22-,24-,25-,26+,28-,29+,30?,31-,32+/m1/s1. The van der Waals surface area contributed by atoms with Gasteiger partial charge in [-0.25, -0.2) is 9.18 Å². The van der Waals surface area contributed by atoms with E-state index in [9.17, 15) is 19.4 Å². The first kappa shape index (κ1) is 34.3. The minimum Gasteiger partial charge on any atom is -0.387 e. The lowest BCUT2D eigenvalue weighted by Gasteiger charge is -2.33. The molecule has 1 unspecified atom stereocenters. The van der Waals surface area contributed by atoms with Gasteiger partial charge in [0.2, 0.25) is 0 Å². The van der Waals surface area contributed by atoms with E-state index in [1.807, 2.05) is 25.3 Å². The molecule has 2 amide bonds. The molecule has 0 spiro atoms. The summed E-state index contributed by atoms with van der Waals surface area (Å²) in [5, 5.41) is 36.9. The van der Waals surface area contributed by atoms with E-state index in [0.29, 0.717) is 18.5 Å². The van der Waals surface area contributed by atoms with Gasteiger partial charge in [-0.05, 0) is 102 Å². The maximum Gasteiger partial charge on any atom is 0.323 e. The van der Waals surface area contributed by atoms with E-state index in [2.05, 4.69) is 37.6 Å². The lowest BCUT2D eigenvalue weighted by molar-refractivity contribution is -0.117. The fraction of sp³-hybridized carbons (Fsp3) is 0.788. The third kappa shape index (κ3) is 9.73. The molecule has 11 nitrogen and oxygen atoms in total. The molecular formula is C33H55FN6O5. The second kappa shape index (κ2) is 16.7. The van der Waals surface area contributed by atoms with Gasteiger partial charge in [-0.1, -0.05) is 19.1 Å². The molecule has 3 heterocycles. The molecule has 7 N–H and O–H groups in total. The van der Waals surface area contributed by atoms with E-state index in [1.54, 1.807) is 7.11 Å². The number of methoxy groups -OCH3 is 1. The monoisotopic (exact) mass is 634 g/mol. The third-order valence-corrected chi connectivity index (χ3v) is 10.1. The Labute approximate surface area is 267 Å². The van der Waals surface area contributed by atoms with Crippen LogP contribution in [0.3, 0.4) is 0 Å². The Bertz CT molecular complexity index is 1060. The summed E-state index contributed by atoms with van der Waals surface area (Å²) in [5.41, 5.74) is 1.22. The van der Waals surface area contributed by atoms with Crippen LogP contribution in [-0.4, -0.2) is 103 Å². The molecule has 254 valence electrons. The van der Waals surface area contributed by atoms with Crippen LogP contribution in [-0.2, 0) is 9.47 Å². The van der Waals surface area contributed by atoms with Crippen LogP contribution >= 0.6 is 0 Å². The molecule has 0 radical (unpaired) electrons. The Morgan fingerprint density at radius 2 is 2.04 bits per heavy atom. The molecule has 2 saturated heterocycles. The van der Waals surface area contributed by atoms with Crippen molar-refractivity contribution < 1.29 is 28.9 Å². The average molecular weight is 635 g/mol. The normalized spacial score (nSPS) is 35.3. The Balaban J connectivity index is 0.980. The molecule has 0 aromatic carbocycles. The molecule has 45 heavy (non-hydrogen) atoms. The predicted octanol–water partition coefficient (Wildman–Crippen LogP) is 2.34. The van der Waals surface area contributed by atoms with Gasteiger partial charge in [0.05, 0.1) is 18.2 Å². The number of amides is 2. The molecule has 0 aromatic rings. The van der Waals surface area contributed by atoms with E-state index in [4.69, 9.17) is 9.47 Å². The van der Waals surface area contributed by atoms with Gasteiger partial charge in [0.15, 0.2) is 6.29 Å². The summed E-state index contributed by atoms with van der Waals surface area (Å²) in [7, 11) is 1.54. The number of nitrogens with zero attached hydrogens (tertiary/aromatic N) is 1. The summed E-state index contributed by atoms with van der Waals surface area (Å²) in [6.07, 6.45) is 13.7. The molecule has 3 aliphatic heterocycles. The number of urea groups is 1. The Morgan fingerprint density at radius 3 is 2.84 bits per heavy atom. The summed E-state index contributed by atoms with van der Waals surface area (Å²) in [6.45, 7) is 5.37. The van der Waals surface area contributed by atoms with Crippen LogP contribution < -0.4 is 26.6 Å². The molecule has 10 atom stereocenters. The quantitative estimate of drug-likeness (QED) is 0.120. The fourth-order valence-corrected chi connectivity index (χ4v) is 7.50. The lowest BCUT2D eigenvalue weighted by atomic mass is 9.93. The molecule has 2 aliphatic carbocycles. The number of carbonyl (C=O) groups excluding carboxylic acids is 1. The first-order chi connectivity index (χ1) is 21.8. The smallest absolute Gasteiger partial charge is 0.323 e. The maximum atomic E-state index is 14.2. The van der Waals surface area contributed by atoms with Crippen molar-refractivity contribution in [1.82, 2.24) is 31.5 Å². The number of aliphatic hydroxyl groups is 2. The number of aliphatic hydroxyl groups excluding tert-OH is 2. The number of nitrogens with one attached hydrogen (secondary N) is 5. The second-order valence-corrected chi connectivity index (χ2v) is 13.5. The van der Waals surface area contributed by atoms with Gasteiger partial charge in [-0.3, -0.25) is 10.2 Å². The van der Waals surface area contributed by atoms with Crippen molar-refractivity contribution in [3.8, 4) is 0 Å². The van der Waals surface area contributed by atoms with Crippen LogP contribution in [0.1, 0.15) is 71.1 Å². The van der Waals surface area contributed by atoms with Gasteiger partial charge in [0.1, 0.15) is 12.4 Å². The average Bonchev–Trinajstić information content (AvgIpc) is 3.72. The lowest BCUT2D eigenvalue weighted by Crippen LogP contribution is -2.47. The van der Waals surface area contributed by atoms with Gasteiger partial charge in [0.25, 0.3) is 0 Å². The number of carbonyl (C=O) groups is 1. The number of ether oxygens (including phenoxy) is 2. The minimum absolute atomic E-state index is 0.00381. The van der Waals surface area contributed by atoms with Crippen LogP contribution in [0.4, 0.5) is 9.18 Å². The van der Waals surface area contributed by atoms with Gasteiger partial charge in [-0.2, -0.15) is 0 Å².